The van der Waals surface area contributed by atoms with Crippen LogP contribution in [0.1, 0.15) is 50.0 Å². The van der Waals surface area contributed by atoms with E-state index in [1.807, 2.05) is 6.07 Å². The maximum absolute atomic E-state index is 6.09. The Hall–Kier alpha value is -0.840. The zero-order valence-corrected chi connectivity index (χ0v) is 13.9. The van der Waals surface area contributed by atoms with Crippen LogP contribution in [0.15, 0.2) is 22.1 Å². The second-order valence-electron chi connectivity index (χ2n) is 5.84. The van der Waals surface area contributed by atoms with Crippen LogP contribution in [0, 0.1) is 0 Å². The molecular formula is C15H21ClN2OS. The average Bonchev–Trinajstić information content (AvgIpc) is 2.96. The Labute approximate surface area is 129 Å². The highest BCUT2D eigenvalue weighted by Gasteiger charge is 2.21. The molecule has 1 unspecified atom stereocenters. The number of furan rings is 1. The van der Waals surface area contributed by atoms with Crippen molar-refractivity contribution in [3.63, 3.8) is 0 Å². The van der Waals surface area contributed by atoms with Crippen LogP contribution in [0.25, 0.3) is 0 Å². The molecule has 5 heteroatoms. The normalized spacial score (nSPS) is 13.7. The van der Waals surface area contributed by atoms with E-state index in [-0.39, 0.29) is 11.5 Å². The Bertz CT molecular complexity index is 556. The minimum absolute atomic E-state index is 0.0930. The zero-order valence-electron chi connectivity index (χ0n) is 12.4. The van der Waals surface area contributed by atoms with Crippen molar-refractivity contribution in [1.29, 1.82) is 0 Å². The van der Waals surface area contributed by atoms with Crippen LogP contribution in [0.3, 0.4) is 0 Å². The molecule has 1 atom stereocenters. The monoisotopic (exact) mass is 312 g/mol. The van der Waals surface area contributed by atoms with Gasteiger partial charge < -0.3 is 9.73 Å². The molecule has 2 rings (SSSR count). The first kappa shape index (κ1) is 15.5. The van der Waals surface area contributed by atoms with E-state index in [9.17, 15) is 0 Å². The SMILES string of the molecule is CCNC(Cc1nc(C(C)(C)C)cs1)c1ccoc1Cl. The first-order chi connectivity index (χ1) is 9.41. The molecule has 0 saturated heterocycles. The maximum atomic E-state index is 6.09. The Kier molecular flexibility index (Phi) is 4.89. The topological polar surface area (TPSA) is 38.1 Å². The lowest BCUT2D eigenvalue weighted by Gasteiger charge is -2.16. The molecule has 0 bridgehead atoms. The smallest absolute Gasteiger partial charge is 0.197 e. The lowest BCUT2D eigenvalue weighted by Crippen LogP contribution is -2.23. The molecule has 110 valence electrons. The quantitative estimate of drug-likeness (QED) is 0.878. The van der Waals surface area contributed by atoms with Crippen LogP contribution in [-0.4, -0.2) is 11.5 Å². The molecule has 0 amide bonds. The van der Waals surface area contributed by atoms with E-state index in [2.05, 4.69) is 38.4 Å². The first-order valence-electron chi connectivity index (χ1n) is 6.83. The summed E-state index contributed by atoms with van der Waals surface area (Å²) in [6.07, 6.45) is 2.46. The van der Waals surface area contributed by atoms with E-state index in [1.54, 1.807) is 17.6 Å². The van der Waals surface area contributed by atoms with E-state index in [0.717, 1.165) is 29.2 Å². The summed E-state index contributed by atoms with van der Waals surface area (Å²) in [5.74, 6) is 0. The highest BCUT2D eigenvalue weighted by Crippen LogP contribution is 2.29. The fourth-order valence-corrected chi connectivity index (χ4v) is 3.33. The second kappa shape index (κ2) is 6.29. The summed E-state index contributed by atoms with van der Waals surface area (Å²) >= 11 is 7.80. The lowest BCUT2D eigenvalue weighted by atomic mass is 9.93. The van der Waals surface area contributed by atoms with Gasteiger partial charge in [0, 0.05) is 28.8 Å². The molecule has 20 heavy (non-hydrogen) atoms. The molecule has 0 aliphatic carbocycles. The lowest BCUT2D eigenvalue weighted by molar-refractivity contribution is 0.522. The highest BCUT2D eigenvalue weighted by atomic mass is 35.5. The molecule has 0 saturated carbocycles. The van der Waals surface area contributed by atoms with Crippen molar-refractivity contribution in [2.75, 3.05) is 6.54 Å². The number of hydrogen-bond acceptors (Lipinski definition) is 4. The summed E-state index contributed by atoms with van der Waals surface area (Å²) in [6, 6.07) is 2.07. The standard InChI is InChI=1S/C15H21ClN2OS/c1-5-17-11(10-6-7-19-14(10)16)8-13-18-12(9-20-13)15(2,3)4/h6-7,9,11,17H,5,8H2,1-4H3. The van der Waals surface area contributed by atoms with Crippen molar-refractivity contribution in [3.8, 4) is 0 Å². The molecule has 1 N–H and O–H groups in total. The van der Waals surface area contributed by atoms with Gasteiger partial charge in [-0.1, -0.05) is 27.7 Å². The summed E-state index contributed by atoms with van der Waals surface area (Å²) in [5, 5.41) is 7.18. The minimum Gasteiger partial charge on any atom is -0.453 e. The maximum Gasteiger partial charge on any atom is 0.197 e. The number of thiazole rings is 1. The third kappa shape index (κ3) is 3.62. The van der Waals surface area contributed by atoms with Crippen LogP contribution >= 0.6 is 22.9 Å². The van der Waals surface area contributed by atoms with E-state index in [1.165, 1.54) is 0 Å². The number of nitrogens with zero attached hydrogens (tertiary/aromatic N) is 1. The van der Waals surface area contributed by atoms with E-state index in [0.29, 0.717) is 5.22 Å². The van der Waals surface area contributed by atoms with Crippen LogP contribution < -0.4 is 5.32 Å². The van der Waals surface area contributed by atoms with Crippen LogP contribution in [0.5, 0.6) is 0 Å². The van der Waals surface area contributed by atoms with Gasteiger partial charge >= 0.3 is 0 Å². The van der Waals surface area contributed by atoms with Crippen molar-refractivity contribution >= 4 is 22.9 Å². The van der Waals surface area contributed by atoms with Gasteiger partial charge in [0.2, 0.25) is 0 Å². The average molecular weight is 313 g/mol. The number of likely N-dealkylation sites (N-methyl/N-ethyl adjacent to an activating group) is 1. The second-order valence-corrected chi connectivity index (χ2v) is 7.13. The van der Waals surface area contributed by atoms with Gasteiger partial charge in [0.25, 0.3) is 0 Å². The Morgan fingerprint density at radius 2 is 2.20 bits per heavy atom. The van der Waals surface area contributed by atoms with Crippen molar-refractivity contribution in [1.82, 2.24) is 10.3 Å². The number of hydrogen-bond donors (Lipinski definition) is 1. The molecular weight excluding hydrogens is 292 g/mol. The number of halogens is 1. The summed E-state index contributed by atoms with van der Waals surface area (Å²) in [7, 11) is 0. The number of nitrogens with one attached hydrogen (secondary N) is 1. The zero-order chi connectivity index (χ0) is 14.8. The van der Waals surface area contributed by atoms with Gasteiger partial charge in [0.15, 0.2) is 5.22 Å². The summed E-state index contributed by atoms with van der Waals surface area (Å²) in [6.45, 7) is 9.51. The van der Waals surface area contributed by atoms with E-state index >= 15 is 0 Å². The molecule has 2 aromatic rings. The molecule has 0 aliphatic heterocycles. The molecule has 2 heterocycles. The molecule has 2 aromatic heterocycles. The van der Waals surface area contributed by atoms with Crippen molar-refractivity contribution in [2.45, 2.75) is 45.6 Å². The fraction of sp³-hybridized carbons (Fsp3) is 0.533. The predicted molar refractivity (Wildman–Crippen MR) is 84.7 cm³/mol. The third-order valence-corrected chi connectivity index (χ3v) is 4.35. The van der Waals surface area contributed by atoms with Crippen LogP contribution in [-0.2, 0) is 11.8 Å². The van der Waals surface area contributed by atoms with Gasteiger partial charge in [-0.2, -0.15) is 0 Å². The largest absolute Gasteiger partial charge is 0.453 e. The van der Waals surface area contributed by atoms with Gasteiger partial charge in [0.1, 0.15) is 0 Å². The van der Waals surface area contributed by atoms with E-state index in [4.69, 9.17) is 21.0 Å². The molecule has 0 aliphatic rings. The first-order valence-corrected chi connectivity index (χ1v) is 8.08. The molecule has 3 nitrogen and oxygen atoms in total. The van der Waals surface area contributed by atoms with Crippen LogP contribution in [0.4, 0.5) is 0 Å². The highest BCUT2D eigenvalue weighted by molar-refractivity contribution is 7.09. The van der Waals surface area contributed by atoms with Gasteiger partial charge in [-0.25, -0.2) is 4.98 Å². The third-order valence-electron chi connectivity index (χ3n) is 3.17. The predicted octanol–water partition coefficient (Wildman–Crippen LogP) is 4.58. The molecule has 0 aromatic carbocycles. The summed E-state index contributed by atoms with van der Waals surface area (Å²) in [4.78, 5) is 4.75. The van der Waals surface area contributed by atoms with Crippen molar-refractivity contribution in [3.05, 3.63) is 39.2 Å². The Morgan fingerprint density at radius 3 is 2.70 bits per heavy atom. The van der Waals surface area contributed by atoms with E-state index < -0.39 is 0 Å². The Morgan fingerprint density at radius 1 is 1.45 bits per heavy atom. The molecule has 0 radical (unpaired) electrons. The minimum atomic E-state index is 0.0930. The summed E-state index contributed by atoms with van der Waals surface area (Å²) < 4.78 is 5.20. The Balaban J connectivity index is 2.17. The van der Waals surface area contributed by atoms with Gasteiger partial charge in [-0.3, -0.25) is 0 Å². The molecule has 0 fully saturated rings. The van der Waals surface area contributed by atoms with Gasteiger partial charge in [-0.15, -0.1) is 11.3 Å². The number of rotatable bonds is 5. The van der Waals surface area contributed by atoms with Crippen LogP contribution in [0.2, 0.25) is 5.22 Å². The van der Waals surface area contributed by atoms with Gasteiger partial charge in [0.05, 0.1) is 17.0 Å². The molecule has 0 spiro atoms. The van der Waals surface area contributed by atoms with Crippen molar-refractivity contribution < 1.29 is 4.42 Å². The van der Waals surface area contributed by atoms with Crippen molar-refractivity contribution in [2.24, 2.45) is 0 Å². The number of aromatic nitrogens is 1. The van der Waals surface area contributed by atoms with Gasteiger partial charge in [-0.05, 0) is 24.2 Å². The fourth-order valence-electron chi connectivity index (χ4n) is 2.02. The summed E-state index contributed by atoms with van der Waals surface area (Å²) in [5.41, 5.74) is 2.24.